The van der Waals surface area contributed by atoms with Crippen molar-refractivity contribution in [3.63, 3.8) is 0 Å². The van der Waals surface area contributed by atoms with Crippen molar-refractivity contribution in [2.45, 2.75) is 12.8 Å². The number of carbonyl (C=O) groups is 1. The lowest BCUT2D eigenvalue weighted by atomic mass is 10.0. The second-order valence-corrected chi connectivity index (χ2v) is 6.69. The quantitative estimate of drug-likeness (QED) is 0.911. The lowest BCUT2D eigenvalue weighted by Crippen LogP contribution is -2.31. The van der Waals surface area contributed by atoms with E-state index in [1.165, 1.54) is 24.3 Å². The Hall–Kier alpha value is -0.680. The van der Waals surface area contributed by atoms with Gasteiger partial charge in [0.1, 0.15) is 5.75 Å². The van der Waals surface area contributed by atoms with Crippen molar-refractivity contribution >= 4 is 33.6 Å². The summed E-state index contributed by atoms with van der Waals surface area (Å²) in [6.07, 6.45) is 2.40. The van der Waals surface area contributed by atoms with Gasteiger partial charge in [-0.15, -0.1) is 0 Å². The molecule has 5 heteroatoms. The van der Waals surface area contributed by atoms with Crippen LogP contribution in [0.2, 0.25) is 0 Å². The summed E-state index contributed by atoms with van der Waals surface area (Å²) in [6.45, 7) is 0.767. The summed E-state index contributed by atoms with van der Waals surface area (Å²) >= 11 is 5.41. The summed E-state index contributed by atoms with van der Waals surface area (Å²) in [7, 11) is 1.60. The van der Waals surface area contributed by atoms with Gasteiger partial charge in [0.25, 0.3) is 5.91 Å². The summed E-state index contributed by atoms with van der Waals surface area (Å²) in [5, 5.41) is 3.03. The van der Waals surface area contributed by atoms with Crippen LogP contribution in [0.15, 0.2) is 22.7 Å². The van der Waals surface area contributed by atoms with Gasteiger partial charge in [0.05, 0.1) is 12.7 Å². The lowest BCUT2D eigenvalue weighted by molar-refractivity contribution is 0.0945. The third kappa shape index (κ3) is 4.14. The summed E-state index contributed by atoms with van der Waals surface area (Å²) < 4.78 is 5.95. The molecule has 104 valence electrons. The number of hydrogen-bond acceptors (Lipinski definition) is 3. The highest BCUT2D eigenvalue weighted by Crippen LogP contribution is 2.24. The highest BCUT2D eigenvalue weighted by atomic mass is 79.9. The minimum Gasteiger partial charge on any atom is -0.497 e. The van der Waals surface area contributed by atoms with Crippen LogP contribution in [0.5, 0.6) is 5.75 Å². The molecule has 19 heavy (non-hydrogen) atoms. The second kappa shape index (κ2) is 7.20. The van der Waals surface area contributed by atoms with Crippen LogP contribution in [-0.2, 0) is 0 Å². The lowest BCUT2D eigenvalue weighted by Gasteiger charge is -2.21. The Labute approximate surface area is 126 Å². The van der Waals surface area contributed by atoms with E-state index in [0.717, 1.165) is 11.0 Å². The maximum Gasteiger partial charge on any atom is 0.252 e. The van der Waals surface area contributed by atoms with Crippen LogP contribution >= 0.6 is 27.7 Å². The van der Waals surface area contributed by atoms with E-state index in [1.807, 2.05) is 23.9 Å². The monoisotopic (exact) mass is 343 g/mol. The molecule has 1 heterocycles. The highest BCUT2D eigenvalue weighted by Gasteiger charge is 2.16. The molecule has 0 aliphatic carbocycles. The van der Waals surface area contributed by atoms with Crippen LogP contribution in [0.25, 0.3) is 0 Å². The summed E-state index contributed by atoms with van der Waals surface area (Å²) in [4.78, 5) is 12.2. The molecule has 1 saturated heterocycles. The number of benzene rings is 1. The first-order valence-electron chi connectivity index (χ1n) is 6.40. The SMILES string of the molecule is COc1ccc(Br)c(C(=O)NCC2CCSCC2)c1. The zero-order valence-electron chi connectivity index (χ0n) is 10.9. The molecule has 0 spiro atoms. The smallest absolute Gasteiger partial charge is 0.252 e. The van der Waals surface area contributed by atoms with Crippen LogP contribution in [-0.4, -0.2) is 31.1 Å². The first-order chi connectivity index (χ1) is 9.20. The van der Waals surface area contributed by atoms with Crippen LogP contribution in [0, 0.1) is 5.92 Å². The standard InChI is InChI=1S/C14H18BrNO2S/c1-18-11-2-3-13(15)12(8-11)14(17)16-9-10-4-6-19-7-5-10/h2-3,8,10H,4-7,9H2,1H3,(H,16,17). The third-order valence-corrected chi connectivity index (χ3v) is 5.05. The van der Waals surface area contributed by atoms with Gasteiger partial charge >= 0.3 is 0 Å². The molecular weight excluding hydrogens is 326 g/mol. The zero-order valence-corrected chi connectivity index (χ0v) is 13.4. The highest BCUT2D eigenvalue weighted by molar-refractivity contribution is 9.10. The molecule has 0 bridgehead atoms. The number of amides is 1. The zero-order chi connectivity index (χ0) is 13.7. The van der Waals surface area contributed by atoms with E-state index in [1.54, 1.807) is 13.2 Å². The summed E-state index contributed by atoms with van der Waals surface area (Å²) in [5.41, 5.74) is 0.629. The minimum atomic E-state index is -0.0380. The molecule has 1 aromatic carbocycles. The average Bonchev–Trinajstić information content (AvgIpc) is 2.46. The van der Waals surface area contributed by atoms with Gasteiger partial charge in [0.15, 0.2) is 0 Å². The Balaban J connectivity index is 1.95. The van der Waals surface area contributed by atoms with Gasteiger partial charge in [-0.2, -0.15) is 11.8 Å². The van der Waals surface area contributed by atoms with Crippen molar-refractivity contribution in [1.29, 1.82) is 0 Å². The van der Waals surface area contributed by atoms with Crippen molar-refractivity contribution in [1.82, 2.24) is 5.32 Å². The topological polar surface area (TPSA) is 38.3 Å². The largest absolute Gasteiger partial charge is 0.497 e. The van der Waals surface area contributed by atoms with E-state index < -0.39 is 0 Å². The number of halogens is 1. The van der Waals surface area contributed by atoms with Crippen LogP contribution in [0.4, 0.5) is 0 Å². The molecule has 0 radical (unpaired) electrons. The minimum absolute atomic E-state index is 0.0380. The molecule has 1 amide bonds. The predicted octanol–water partition coefficient (Wildman–Crippen LogP) is 3.33. The van der Waals surface area contributed by atoms with Crippen molar-refractivity contribution in [2.24, 2.45) is 5.92 Å². The Morgan fingerprint density at radius 1 is 1.47 bits per heavy atom. The van der Waals surface area contributed by atoms with Crippen molar-refractivity contribution in [2.75, 3.05) is 25.2 Å². The number of thioether (sulfide) groups is 1. The molecule has 2 rings (SSSR count). The Morgan fingerprint density at radius 2 is 2.21 bits per heavy atom. The number of ether oxygens (including phenoxy) is 1. The molecule has 1 aromatic rings. The van der Waals surface area contributed by atoms with E-state index in [-0.39, 0.29) is 5.91 Å². The maximum atomic E-state index is 12.2. The van der Waals surface area contributed by atoms with Gasteiger partial charge in [-0.25, -0.2) is 0 Å². The van der Waals surface area contributed by atoms with E-state index in [2.05, 4.69) is 21.2 Å². The Kier molecular flexibility index (Phi) is 5.58. The van der Waals surface area contributed by atoms with Crippen LogP contribution < -0.4 is 10.1 Å². The molecule has 0 atom stereocenters. The van der Waals surface area contributed by atoms with Crippen molar-refractivity contribution < 1.29 is 9.53 Å². The first kappa shape index (κ1) is 14.7. The van der Waals surface area contributed by atoms with E-state index in [0.29, 0.717) is 17.2 Å². The summed E-state index contributed by atoms with van der Waals surface area (Å²) in [6, 6.07) is 5.43. The molecule has 1 fully saturated rings. The van der Waals surface area contributed by atoms with Crippen LogP contribution in [0.3, 0.4) is 0 Å². The first-order valence-corrected chi connectivity index (χ1v) is 8.35. The van der Waals surface area contributed by atoms with E-state index in [9.17, 15) is 4.79 Å². The molecule has 0 saturated carbocycles. The molecular formula is C14H18BrNO2S. The number of rotatable bonds is 4. The van der Waals surface area contributed by atoms with Gasteiger partial charge in [-0.3, -0.25) is 4.79 Å². The van der Waals surface area contributed by atoms with Gasteiger partial charge in [-0.05, 0) is 64.4 Å². The predicted molar refractivity (Wildman–Crippen MR) is 83.1 cm³/mol. The van der Waals surface area contributed by atoms with E-state index >= 15 is 0 Å². The number of nitrogens with one attached hydrogen (secondary N) is 1. The fourth-order valence-electron chi connectivity index (χ4n) is 2.09. The number of methoxy groups -OCH3 is 1. The van der Waals surface area contributed by atoms with Gasteiger partial charge in [-0.1, -0.05) is 0 Å². The van der Waals surface area contributed by atoms with Crippen molar-refractivity contribution in [3.05, 3.63) is 28.2 Å². The van der Waals surface area contributed by atoms with Gasteiger partial charge < -0.3 is 10.1 Å². The molecule has 1 aliphatic heterocycles. The van der Waals surface area contributed by atoms with Gasteiger partial charge in [0.2, 0.25) is 0 Å². The Bertz CT molecular complexity index is 447. The molecule has 0 unspecified atom stereocenters. The van der Waals surface area contributed by atoms with Gasteiger partial charge in [0, 0.05) is 11.0 Å². The van der Waals surface area contributed by atoms with E-state index in [4.69, 9.17) is 4.74 Å². The van der Waals surface area contributed by atoms with Crippen LogP contribution in [0.1, 0.15) is 23.2 Å². The average molecular weight is 344 g/mol. The second-order valence-electron chi connectivity index (χ2n) is 4.61. The number of carbonyl (C=O) groups excluding carboxylic acids is 1. The molecule has 1 aliphatic rings. The maximum absolute atomic E-state index is 12.2. The molecule has 0 aromatic heterocycles. The molecule has 3 nitrogen and oxygen atoms in total. The third-order valence-electron chi connectivity index (χ3n) is 3.31. The fourth-order valence-corrected chi connectivity index (χ4v) is 3.72. The fraction of sp³-hybridized carbons (Fsp3) is 0.500. The number of hydrogen-bond donors (Lipinski definition) is 1. The molecule has 1 N–H and O–H groups in total. The summed E-state index contributed by atoms with van der Waals surface area (Å²) in [5.74, 6) is 3.70. The normalized spacial score (nSPS) is 16.1. The Morgan fingerprint density at radius 3 is 2.89 bits per heavy atom. The van der Waals surface area contributed by atoms with Crippen molar-refractivity contribution in [3.8, 4) is 5.75 Å².